The highest BCUT2D eigenvalue weighted by Gasteiger charge is 2.22. The Morgan fingerprint density at radius 1 is 1.18 bits per heavy atom. The van der Waals surface area contributed by atoms with Crippen molar-refractivity contribution in [1.29, 1.82) is 0 Å². The first-order chi connectivity index (χ1) is 15.6. The molecule has 0 saturated carbocycles. The minimum atomic E-state index is -0.638. The first-order valence-electron chi connectivity index (χ1n) is 10.6. The molecule has 0 saturated heterocycles. The zero-order valence-electron chi connectivity index (χ0n) is 19.5. The number of fused-ring (bicyclic) bond motifs is 1. The fraction of sp³-hybridized carbons (Fsp3) is 0.348. The standard InChI is InChI=1S/C23H26N6O4/c1-12(2)29-22-18(10-24-29)17(9-19(25-22)16-8-14(4)33-15(16)5)23(31)32-11-21(30)26-20-7-13(3)27-28(20)6/h7-10,12H,11H2,1-6H3,(H,26,30). The molecule has 1 N–H and O–H groups in total. The summed E-state index contributed by atoms with van der Waals surface area (Å²) in [6, 6.07) is 5.29. The number of hydrogen-bond donors (Lipinski definition) is 1. The molecule has 172 valence electrons. The van der Waals surface area contributed by atoms with E-state index >= 15 is 0 Å². The van der Waals surface area contributed by atoms with Gasteiger partial charge in [-0.15, -0.1) is 0 Å². The Bertz CT molecular complexity index is 1360. The maximum absolute atomic E-state index is 13.0. The predicted octanol–water partition coefficient (Wildman–Crippen LogP) is 3.73. The lowest BCUT2D eigenvalue weighted by molar-refractivity contribution is -0.119. The van der Waals surface area contributed by atoms with Gasteiger partial charge >= 0.3 is 5.97 Å². The largest absolute Gasteiger partial charge is 0.466 e. The maximum Gasteiger partial charge on any atom is 0.339 e. The summed E-state index contributed by atoms with van der Waals surface area (Å²) in [5.74, 6) is 0.858. The van der Waals surface area contributed by atoms with Crippen molar-refractivity contribution in [3.8, 4) is 11.3 Å². The Morgan fingerprint density at radius 3 is 2.55 bits per heavy atom. The molecule has 4 aromatic heterocycles. The molecule has 4 aromatic rings. The van der Waals surface area contributed by atoms with Crippen molar-refractivity contribution < 1.29 is 18.7 Å². The van der Waals surface area contributed by atoms with Crippen LogP contribution in [0.25, 0.3) is 22.3 Å². The minimum Gasteiger partial charge on any atom is -0.466 e. The molecule has 33 heavy (non-hydrogen) atoms. The van der Waals surface area contributed by atoms with E-state index in [0.29, 0.717) is 28.3 Å². The van der Waals surface area contributed by atoms with Crippen LogP contribution in [0.1, 0.15) is 47.5 Å². The molecule has 0 aromatic carbocycles. The van der Waals surface area contributed by atoms with Gasteiger partial charge in [0, 0.05) is 24.7 Å². The van der Waals surface area contributed by atoms with Gasteiger partial charge in [0.1, 0.15) is 17.3 Å². The average molecular weight is 450 g/mol. The van der Waals surface area contributed by atoms with Crippen LogP contribution in [-0.2, 0) is 16.6 Å². The van der Waals surface area contributed by atoms with Crippen molar-refractivity contribution in [2.45, 2.75) is 40.7 Å². The van der Waals surface area contributed by atoms with Crippen molar-refractivity contribution in [2.75, 3.05) is 11.9 Å². The fourth-order valence-corrected chi connectivity index (χ4v) is 3.70. The van der Waals surface area contributed by atoms with E-state index in [1.807, 2.05) is 40.7 Å². The monoisotopic (exact) mass is 450 g/mol. The zero-order chi connectivity index (χ0) is 23.9. The first kappa shape index (κ1) is 22.3. The average Bonchev–Trinajstić information content (AvgIpc) is 3.41. The molecular weight excluding hydrogens is 424 g/mol. The van der Waals surface area contributed by atoms with E-state index in [1.165, 1.54) is 0 Å². The van der Waals surface area contributed by atoms with Crippen LogP contribution in [0.3, 0.4) is 0 Å². The number of rotatable bonds is 6. The predicted molar refractivity (Wildman–Crippen MR) is 122 cm³/mol. The summed E-state index contributed by atoms with van der Waals surface area (Å²) < 4.78 is 14.3. The molecule has 0 bridgehead atoms. The molecule has 0 unspecified atom stereocenters. The third-order valence-corrected chi connectivity index (χ3v) is 5.20. The number of carbonyl (C=O) groups is 2. The van der Waals surface area contributed by atoms with E-state index in [-0.39, 0.29) is 11.6 Å². The van der Waals surface area contributed by atoms with Gasteiger partial charge in [-0.3, -0.25) is 9.48 Å². The van der Waals surface area contributed by atoms with Crippen LogP contribution in [0.5, 0.6) is 0 Å². The van der Waals surface area contributed by atoms with Crippen molar-refractivity contribution in [3.05, 3.63) is 47.2 Å². The van der Waals surface area contributed by atoms with E-state index < -0.39 is 18.5 Å². The van der Waals surface area contributed by atoms with Crippen LogP contribution in [0, 0.1) is 20.8 Å². The Hall–Kier alpha value is -3.95. The lowest BCUT2D eigenvalue weighted by Gasteiger charge is -2.10. The maximum atomic E-state index is 13.0. The third kappa shape index (κ3) is 4.36. The second kappa shape index (κ2) is 8.53. The van der Waals surface area contributed by atoms with Crippen LogP contribution in [0.2, 0.25) is 0 Å². The molecule has 0 aliphatic rings. The molecule has 0 fully saturated rings. The summed E-state index contributed by atoms with van der Waals surface area (Å²) in [7, 11) is 1.72. The van der Waals surface area contributed by atoms with Crippen LogP contribution in [0.4, 0.5) is 5.82 Å². The highest BCUT2D eigenvalue weighted by Crippen LogP contribution is 2.30. The molecule has 0 aliphatic heterocycles. The number of anilines is 1. The highest BCUT2D eigenvalue weighted by atomic mass is 16.5. The second-order valence-corrected chi connectivity index (χ2v) is 8.22. The van der Waals surface area contributed by atoms with Gasteiger partial charge in [-0.25, -0.2) is 14.5 Å². The molecule has 10 nitrogen and oxygen atoms in total. The summed E-state index contributed by atoms with van der Waals surface area (Å²) in [5.41, 5.74) is 2.96. The van der Waals surface area contributed by atoms with Gasteiger partial charge in [-0.2, -0.15) is 10.2 Å². The molecule has 0 aliphatic carbocycles. The summed E-state index contributed by atoms with van der Waals surface area (Å²) in [6.07, 6.45) is 1.59. The SMILES string of the molecule is Cc1cc(NC(=O)COC(=O)c2cc(-c3cc(C)oc3C)nc3c2cnn3C(C)C)n(C)n1. The Labute approximate surface area is 190 Å². The smallest absolute Gasteiger partial charge is 0.339 e. The van der Waals surface area contributed by atoms with Crippen LogP contribution >= 0.6 is 0 Å². The number of nitrogens with zero attached hydrogens (tertiary/aromatic N) is 5. The van der Waals surface area contributed by atoms with Crippen molar-refractivity contribution in [3.63, 3.8) is 0 Å². The van der Waals surface area contributed by atoms with E-state index in [0.717, 1.165) is 17.0 Å². The quantitative estimate of drug-likeness (QED) is 0.445. The lowest BCUT2D eigenvalue weighted by Crippen LogP contribution is -2.22. The Balaban J connectivity index is 1.64. The molecule has 0 radical (unpaired) electrons. The van der Waals surface area contributed by atoms with E-state index in [2.05, 4.69) is 15.5 Å². The third-order valence-electron chi connectivity index (χ3n) is 5.20. The lowest BCUT2D eigenvalue weighted by atomic mass is 10.1. The molecule has 1 amide bonds. The van der Waals surface area contributed by atoms with E-state index in [1.54, 1.807) is 34.7 Å². The van der Waals surface area contributed by atoms with Crippen molar-refractivity contribution >= 4 is 28.7 Å². The van der Waals surface area contributed by atoms with Crippen LogP contribution in [0.15, 0.2) is 28.8 Å². The minimum absolute atomic E-state index is 0.0365. The van der Waals surface area contributed by atoms with E-state index in [4.69, 9.17) is 14.1 Å². The number of aryl methyl sites for hydroxylation is 4. The van der Waals surface area contributed by atoms with Gasteiger partial charge in [0.2, 0.25) is 0 Å². The number of esters is 1. The Morgan fingerprint density at radius 2 is 1.94 bits per heavy atom. The normalized spacial score (nSPS) is 11.4. The van der Waals surface area contributed by atoms with Gasteiger partial charge in [0.05, 0.1) is 28.5 Å². The molecule has 0 atom stereocenters. The number of pyridine rings is 1. The zero-order valence-corrected chi connectivity index (χ0v) is 19.5. The summed E-state index contributed by atoms with van der Waals surface area (Å²) in [4.78, 5) is 30.1. The van der Waals surface area contributed by atoms with Crippen molar-refractivity contribution in [2.24, 2.45) is 7.05 Å². The van der Waals surface area contributed by atoms with Gasteiger partial charge in [-0.05, 0) is 46.8 Å². The number of ether oxygens (including phenoxy) is 1. The fourth-order valence-electron chi connectivity index (χ4n) is 3.70. The summed E-state index contributed by atoms with van der Waals surface area (Å²) in [5, 5.41) is 11.8. The molecule has 10 heteroatoms. The van der Waals surface area contributed by atoms with Gasteiger partial charge in [-0.1, -0.05) is 0 Å². The molecular formula is C23H26N6O4. The van der Waals surface area contributed by atoms with Crippen molar-refractivity contribution in [1.82, 2.24) is 24.5 Å². The number of furan rings is 1. The van der Waals surface area contributed by atoms with Gasteiger partial charge < -0.3 is 14.5 Å². The summed E-state index contributed by atoms with van der Waals surface area (Å²) >= 11 is 0. The molecule has 4 heterocycles. The van der Waals surface area contributed by atoms with E-state index in [9.17, 15) is 9.59 Å². The number of aromatic nitrogens is 5. The number of amides is 1. The van der Waals surface area contributed by atoms with Gasteiger partial charge in [0.15, 0.2) is 12.3 Å². The molecule has 4 rings (SSSR count). The summed E-state index contributed by atoms with van der Waals surface area (Å²) in [6.45, 7) is 9.04. The highest BCUT2D eigenvalue weighted by molar-refractivity contribution is 6.04. The first-order valence-corrected chi connectivity index (χ1v) is 10.6. The van der Waals surface area contributed by atoms with Crippen LogP contribution in [-0.4, -0.2) is 43.0 Å². The topological polar surface area (TPSA) is 117 Å². The van der Waals surface area contributed by atoms with Gasteiger partial charge in [0.25, 0.3) is 5.91 Å². The number of carbonyl (C=O) groups excluding carboxylic acids is 2. The number of nitrogens with one attached hydrogen (secondary N) is 1. The molecule has 0 spiro atoms. The number of hydrogen-bond acceptors (Lipinski definition) is 7. The Kier molecular flexibility index (Phi) is 5.75. The van der Waals surface area contributed by atoms with Crippen LogP contribution < -0.4 is 5.32 Å². The second-order valence-electron chi connectivity index (χ2n) is 8.22.